The molecule has 0 radical (unpaired) electrons. The van der Waals surface area contributed by atoms with Crippen LogP contribution < -0.4 is 10.4 Å². The van der Waals surface area contributed by atoms with Crippen molar-refractivity contribution in [2.75, 3.05) is 13.7 Å². The SMILES string of the molecule is CO[C@H]1[C@H](O[Si](C)(C)C(C)(C)C)[C@H](O)[C@@H](Sc2ccccc2)O[C@@H]1CO[Si](c1ccccc1)(c1ccccc1)C(C)(C)C. The molecule has 0 spiro atoms. The van der Waals surface area contributed by atoms with E-state index in [1.54, 1.807) is 7.11 Å². The number of rotatable bonds is 10. The van der Waals surface area contributed by atoms with Crippen LogP contribution in [0.15, 0.2) is 95.9 Å². The Kier molecular flexibility index (Phi) is 10.9. The summed E-state index contributed by atoms with van der Waals surface area (Å²) >= 11 is 1.52. The molecule has 1 heterocycles. The van der Waals surface area contributed by atoms with Gasteiger partial charge in [-0.3, -0.25) is 0 Å². The van der Waals surface area contributed by atoms with Crippen LogP contribution in [0.25, 0.3) is 0 Å². The first kappa shape index (κ1) is 34.1. The largest absolute Gasteiger partial charge is 0.408 e. The molecular weight excluding hydrogens is 589 g/mol. The van der Waals surface area contributed by atoms with Crippen LogP contribution in [0.4, 0.5) is 0 Å². The summed E-state index contributed by atoms with van der Waals surface area (Å²) in [5.74, 6) is 0. The van der Waals surface area contributed by atoms with Gasteiger partial charge in [-0.2, -0.15) is 0 Å². The molecule has 1 N–H and O–H groups in total. The average molecular weight is 639 g/mol. The Morgan fingerprint density at radius 2 is 1.23 bits per heavy atom. The van der Waals surface area contributed by atoms with Gasteiger partial charge in [0.05, 0.1) is 6.61 Å². The number of benzene rings is 3. The minimum Gasteiger partial charge on any atom is -0.408 e. The molecule has 0 saturated carbocycles. The number of aliphatic hydroxyl groups excluding tert-OH is 1. The van der Waals surface area contributed by atoms with Crippen molar-refractivity contribution >= 4 is 38.8 Å². The fourth-order valence-electron chi connectivity index (χ4n) is 5.66. The minimum absolute atomic E-state index is 0.0354. The van der Waals surface area contributed by atoms with Crippen molar-refractivity contribution in [3.05, 3.63) is 91.0 Å². The monoisotopic (exact) mass is 638 g/mol. The van der Waals surface area contributed by atoms with Crippen molar-refractivity contribution in [2.24, 2.45) is 0 Å². The predicted octanol–water partition coefficient (Wildman–Crippen LogP) is 6.85. The summed E-state index contributed by atoms with van der Waals surface area (Å²) < 4.78 is 27.1. The molecule has 1 aliphatic rings. The molecule has 43 heavy (non-hydrogen) atoms. The summed E-state index contributed by atoms with van der Waals surface area (Å²) in [4.78, 5) is 1.03. The first-order valence-corrected chi connectivity index (χ1v) is 20.9. The van der Waals surface area contributed by atoms with Gasteiger partial charge >= 0.3 is 0 Å². The maximum absolute atomic E-state index is 11.8. The second-order valence-electron chi connectivity index (χ2n) is 14.0. The van der Waals surface area contributed by atoms with Crippen molar-refractivity contribution in [1.29, 1.82) is 0 Å². The van der Waals surface area contributed by atoms with E-state index >= 15 is 0 Å². The molecule has 1 aliphatic heterocycles. The molecule has 8 heteroatoms. The molecule has 4 rings (SSSR count). The summed E-state index contributed by atoms with van der Waals surface area (Å²) in [5, 5.41) is 14.0. The van der Waals surface area contributed by atoms with Crippen molar-refractivity contribution in [3.63, 3.8) is 0 Å². The van der Waals surface area contributed by atoms with Crippen LogP contribution in [0.2, 0.25) is 23.2 Å². The third kappa shape index (κ3) is 7.39. The molecule has 5 nitrogen and oxygen atoms in total. The van der Waals surface area contributed by atoms with Gasteiger partial charge in [0.2, 0.25) is 0 Å². The molecule has 0 bridgehead atoms. The third-order valence-corrected chi connectivity index (χ3v) is 19.6. The molecule has 0 aliphatic carbocycles. The predicted molar refractivity (Wildman–Crippen MR) is 183 cm³/mol. The zero-order chi connectivity index (χ0) is 31.5. The highest BCUT2D eigenvalue weighted by molar-refractivity contribution is 7.99. The molecule has 234 valence electrons. The molecule has 0 aromatic heterocycles. The Morgan fingerprint density at radius 3 is 1.67 bits per heavy atom. The molecule has 0 amide bonds. The molecular formula is C35H50O5SSi2. The maximum Gasteiger partial charge on any atom is 0.261 e. The van der Waals surface area contributed by atoms with Crippen molar-refractivity contribution in [3.8, 4) is 0 Å². The van der Waals surface area contributed by atoms with Gasteiger partial charge in [0, 0.05) is 12.0 Å². The van der Waals surface area contributed by atoms with Crippen LogP contribution in [-0.4, -0.2) is 65.3 Å². The van der Waals surface area contributed by atoms with Gasteiger partial charge in [0.15, 0.2) is 8.32 Å². The lowest BCUT2D eigenvalue weighted by Crippen LogP contribution is -2.68. The second kappa shape index (κ2) is 13.7. The van der Waals surface area contributed by atoms with Crippen LogP contribution in [0.3, 0.4) is 0 Å². The second-order valence-corrected chi connectivity index (χ2v) is 24.2. The third-order valence-electron chi connectivity index (χ3n) is 9.00. The highest BCUT2D eigenvalue weighted by atomic mass is 32.2. The van der Waals surface area contributed by atoms with E-state index in [0.29, 0.717) is 6.61 Å². The minimum atomic E-state index is -2.82. The quantitative estimate of drug-likeness (QED) is 0.245. The molecule has 3 aromatic rings. The fraction of sp³-hybridized carbons (Fsp3) is 0.486. The van der Waals surface area contributed by atoms with Gasteiger partial charge in [0.1, 0.15) is 29.9 Å². The van der Waals surface area contributed by atoms with E-state index in [1.807, 2.05) is 30.3 Å². The van der Waals surface area contributed by atoms with Crippen molar-refractivity contribution in [2.45, 2.75) is 99.5 Å². The highest BCUT2D eigenvalue weighted by Crippen LogP contribution is 2.43. The Morgan fingerprint density at radius 1 is 0.744 bits per heavy atom. The van der Waals surface area contributed by atoms with E-state index < -0.39 is 46.5 Å². The lowest BCUT2D eigenvalue weighted by molar-refractivity contribution is -0.208. The normalized spacial score (nSPS) is 23.7. The Labute approximate surface area is 265 Å². The van der Waals surface area contributed by atoms with Gasteiger partial charge in [-0.1, -0.05) is 132 Å². The Balaban J connectivity index is 1.75. The van der Waals surface area contributed by atoms with Gasteiger partial charge in [-0.15, -0.1) is 0 Å². The summed E-state index contributed by atoms with van der Waals surface area (Å²) in [7, 11) is -3.42. The number of hydrogen-bond donors (Lipinski definition) is 1. The first-order valence-electron chi connectivity index (χ1n) is 15.2. The van der Waals surface area contributed by atoms with Crippen LogP contribution >= 0.6 is 11.8 Å². The summed E-state index contributed by atoms with van der Waals surface area (Å²) in [6, 6.07) is 31.3. The molecule has 1 fully saturated rings. The Hall–Kier alpha value is -1.76. The lowest BCUT2D eigenvalue weighted by Gasteiger charge is -2.50. The van der Waals surface area contributed by atoms with Gasteiger partial charge in [-0.25, -0.2) is 0 Å². The van der Waals surface area contributed by atoms with E-state index in [1.165, 1.54) is 22.1 Å². The highest BCUT2D eigenvalue weighted by Gasteiger charge is 2.54. The summed E-state index contributed by atoms with van der Waals surface area (Å²) in [6.45, 7) is 18.2. The van der Waals surface area contributed by atoms with Gasteiger partial charge in [0.25, 0.3) is 8.32 Å². The molecule has 0 unspecified atom stereocenters. The number of hydrogen-bond acceptors (Lipinski definition) is 6. The molecule has 5 atom stereocenters. The van der Waals surface area contributed by atoms with E-state index in [-0.39, 0.29) is 10.1 Å². The summed E-state index contributed by atoms with van der Waals surface area (Å²) in [5.41, 5.74) is -0.545. The summed E-state index contributed by atoms with van der Waals surface area (Å²) in [6.07, 6.45) is -2.40. The van der Waals surface area contributed by atoms with Crippen LogP contribution in [0, 0.1) is 0 Å². The van der Waals surface area contributed by atoms with Crippen LogP contribution in [0.5, 0.6) is 0 Å². The Bertz CT molecular complexity index is 1240. The van der Waals surface area contributed by atoms with Crippen molar-refractivity contribution in [1.82, 2.24) is 0 Å². The maximum atomic E-state index is 11.8. The number of aliphatic hydroxyl groups is 1. The van der Waals surface area contributed by atoms with E-state index in [0.717, 1.165) is 4.90 Å². The number of thioether (sulfide) groups is 1. The van der Waals surface area contributed by atoms with Crippen LogP contribution in [0.1, 0.15) is 41.5 Å². The van der Waals surface area contributed by atoms with Gasteiger partial charge < -0.3 is 23.4 Å². The van der Waals surface area contributed by atoms with Gasteiger partial charge in [-0.05, 0) is 45.7 Å². The van der Waals surface area contributed by atoms with E-state index in [2.05, 4.69) is 115 Å². The van der Waals surface area contributed by atoms with Crippen molar-refractivity contribution < 1.29 is 23.4 Å². The molecule has 3 aromatic carbocycles. The first-order chi connectivity index (χ1) is 20.2. The zero-order valence-corrected chi connectivity index (χ0v) is 30.1. The molecule has 1 saturated heterocycles. The van der Waals surface area contributed by atoms with Crippen LogP contribution in [-0.2, 0) is 18.3 Å². The van der Waals surface area contributed by atoms with E-state index in [9.17, 15) is 5.11 Å². The standard InChI is InChI=1S/C35H50O5SSi2/c1-34(2,3)42(8,9)40-32-30(36)33(41-26-19-13-10-14-20-26)39-29(31(32)37-7)25-38-43(35(4,5)6,27-21-15-11-16-22-27)28-23-17-12-18-24-28/h10-24,29-33,36H,25H2,1-9H3/t29-,30+,31-,32-,33-/m1/s1. The zero-order valence-electron chi connectivity index (χ0n) is 27.2. The topological polar surface area (TPSA) is 57.2 Å². The number of ether oxygens (including phenoxy) is 2. The smallest absolute Gasteiger partial charge is 0.261 e. The average Bonchev–Trinajstić information content (AvgIpc) is 2.96. The van der Waals surface area contributed by atoms with E-state index in [4.69, 9.17) is 18.3 Å². The number of methoxy groups -OCH3 is 1. The fourth-order valence-corrected chi connectivity index (χ4v) is 12.6. The lowest BCUT2D eigenvalue weighted by atomic mass is 10.0.